The van der Waals surface area contributed by atoms with Crippen molar-refractivity contribution in [3.63, 3.8) is 0 Å². The molecule has 2 heterocycles. The number of amides is 2. The number of alkyl carbamates (subject to hydrolysis) is 1. The van der Waals surface area contributed by atoms with Gasteiger partial charge in [-0.1, -0.05) is 48.5 Å². The fourth-order valence-electron chi connectivity index (χ4n) is 5.35. The number of fused-ring (bicyclic) bond motifs is 3. The molecule has 0 saturated carbocycles. The van der Waals surface area contributed by atoms with Crippen LogP contribution in [-0.2, 0) is 30.3 Å². The number of ether oxygens (including phenoxy) is 3. The van der Waals surface area contributed by atoms with Crippen molar-refractivity contribution in [3.05, 3.63) is 92.3 Å². The Morgan fingerprint density at radius 1 is 1.05 bits per heavy atom. The first-order chi connectivity index (χ1) is 19.8. The molecule has 12 nitrogen and oxygen atoms in total. The highest BCUT2D eigenvalue weighted by Gasteiger charge is 2.38. The quantitative estimate of drug-likeness (QED) is 0.389. The normalized spacial score (nSPS) is 17.4. The molecular weight excluding hydrogens is 532 g/mol. The van der Waals surface area contributed by atoms with E-state index in [0.29, 0.717) is 0 Å². The van der Waals surface area contributed by atoms with Crippen molar-refractivity contribution in [1.82, 2.24) is 19.8 Å². The molecule has 2 aromatic carbocycles. The number of aryl methyl sites for hydroxylation is 1. The van der Waals surface area contributed by atoms with E-state index in [1.165, 1.54) is 25.1 Å². The van der Waals surface area contributed by atoms with Gasteiger partial charge in [-0.25, -0.2) is 9.59 Å². The molecule has 3 aromatic rings. The number of nitrogens with one attached hydrogen (secondary N) is 2. The summed E-state index contributed by atoms with van der Waals surface area (Å²) in [7, 11) is 1.19. The van der Waals surface area contributed by atoms with Gasteiger partial charge in [-0.3, -0.25) is 23.9 Å². The van der Waals surface area contributed by atoms with E-state index in [0.717, 1.165) is 26.8 Å². The molecule has 1 aliphatic carbocycles. The first-order valence-electron chi connectivity index (χ1n) is 13.1. The summed E-state index contributed by atoms with van der Waals surface area (Å²) in [4.78, 5) is 65.8. The van der Waals surface area contributed by atoms with Crippen LogP contribution in [0.4, 0.5) is 4.79 Å². The van der Waals surface area contributed by atoms with Gasteiger partial charge in [0.25, 0.3) is 5.56 Å². The van der Waals surface area contributed by atoms with Crippen LogP contribution in [0.15, 0.2) is 64.3 Å². The van der Waals surface area contributed by atoms with Crippen LogP contribution in [0.5, 0.6) is 0 Å². The van der Waals surface area contributed by atoms with Gasteiger partial charge in [0.05, 0.1) is 32.4 Å². The molecule has 12 heteroatoms. The molecule has 2 amide bonds. The summed E-state index contributed by atoms with van der Waals surface area (Å²) in [6.07, 6.45) is 0.581. The van der Waals surface area contributed by atoms with Crippen LogP contribution in [0, 0.1) is 6.92 Å². The zero-order chi connectivity index (χ0) is 29.1. The lowest BCUT2D eigenvalue weighted by Gasteiger charge is -2.31. The number of carbonyl (C=O) groups is 3. The molecule has 1 fully saturated rings. The van der Waals surface area contributed by atoms with Crippen LogP contribution in [0.3, 0.4) is 0 Å². The van der Waals surface area contributed by atoms with Crippen LogP contribution in [0.25, 0.3) is 11.1 Å². The SMILES string of the molecule is COC(=O)CN(C(=O)Cn1cc(C)c(=O)[nH]c1=O)[C@@H]1COC[C@H]1NC(=O)OCC1c2ccccc2-c2ccccc21. The van der Waals surface area contributed by atoms with Crippen molar-refractivity contribution in [2.24, 2.45) is 0 Å². The average Bonchev–Trinajstić information content (AvgIpc) is 3.55. The van der Waals surface area contributed by atoms with Gasteiger partial charge >= 0.3 is 17.8 Å². The molecule has 214 valence electrons. The number of rotatable bonds is 8. The average molecular weight is 563 g/mol. The van der Waals surface area contributed by atoms with Gasteiger partial charge in [-0.15, -0.1) is 0 Å². The Hall–Kier alpha value is -4.71. The van der Waals surface area contributed by atoms with Crippen LogP contribution in [0.1, 0.15) is 22.6 Å². The van der Waals surface area contributed by atoms with Gasteiger partial charge in [-0.05, 0) is 29.2 Å². The molecule has 2 aliphatic rings. The van der Waals surface area contributed by atoms with Gasteiger partial charge < -0.3 is 24.4 Å². The van der Waals surface area contributed by atoms with E-state index in [4.69, 9.17) is 14.2 Å². The summed E-state index contributed by atoms with van der Waals surface area (Å²) in [6.45, 7) is 0.862. The van der Waals surface area contributed by atoms with Gasteiger partial charge in [0.2, 0.25) is 5.91 Å². The molecule has 0 radical (unpaired) electrons. The van der Waals surface area contributed by atoms with Crippen molar-refractivity contribution >= 4 is 18.0 Å². The summed E-state index contributed by atoms with van der Waals surface area (Å²) in [6, 6.07) is 14.6. The monoisotopic (exact) mass is 562 g/mol. The Morgan fingerprint density at radius 3 is 2.37 bits per heavy atom. The number of nitrogens with zero attached hydrogens (tertiary/aromatic N) is 2. The molecule has 0 unspecified atom stereocenters. The molecule has 2 N–H and O–H groups in total. The number of aromatic nitrogens is 2. The molecule has 1 saturated heterocycles. The minimum absolute atomic E-state index is 0.0383. The zero-order valence-electron chi connectivity index (χ0n) is 22.6. The number of carbonyl (C=O) groups excluding carboxylic acids is 3. The number of aromatic amines is 1. The number of methoxy groups -OCH3 is 1. The van der Waals surface area contributed by atoms with Crippen molar-refractivity contribution in [1.29, 1.82) is 0 Å². The van der Waals surface area contributed by atoms with Crippen LogP contribution in [-0.4, -0.2) is 78.0 Å². The number of hydrogen-bond acceptors (Lipinski definition) is 8. The highest BCUT2D eigenvalue weighted by atomic mass is 16.6. The second-order valence-electron chi connectivity index (χ2n) is 9.98. The lowest BCUT2D eigenvalue weighted by Crippen LogP contribution is -2.55. The predicted octanol–water partition coefficient (Wildman–Crippen LogP) is 1.15. The fraction of sp³-hybridized carbons (Fsp3) is 0.345. The fourth-order valence-corrected chi connectivity index (χ4v) is 5.35. The van der Waals surface area contributed by atoms with Crippen LogP contribution in [0.2, 0.25) is 0 Å². The van der Waals surface area contributed by atoms with E-state index in [2.05, 4.69) is 10.3 Å². The molecule has 1 aliphatic heterocycles. The Kier molecular flexibility index (Phi) is 8.02. The first-order valence-corrected chi connectivity index (χ1v) is 13.1. The second-order valence-corrected chi connectivity index (χ2v) is 9.98. The largest absolute Gasteiger partial charge is 0.468 e. The number of hydrogen-bond donors (Lipinski definition) is 2. The highest BCUT2D eigenvalue weighted by Crippen LogP contribution is 2.44. The smallest absolute Gasteiger partial charge is 0.407 e. The van der Waals surface area contributed by atoms with Crippen LogP contribution < -0.4 is 16.6 Å². The van der Waals surface area contributed by atoms with Crippen molar-refractivity contribution < 1.29 is 28.6 Å². The highest BCUT2D eigenvalue weighted by molar-refractivity contribution is 5.82. The minimum atomic E-state index is -0.761. The number of H-pyrrole nitrogens is 1. The Bertz CT molecular complexity index is 1550. The van der Waals surface area contributed by atoms with Crippen LogP contribution >= 0.6 is 0 Å². The standard InChI is InChI=1S/C29H30N4O8/c1-17-11-32(28(37)31-27(17)36)12-25(34)33(13-26(35)39-2)24-16-40-15-23(24)30-29(38)41-14-22-20-9-5-3-7-18(20)19-8-4-6-10-21(19)22/h3-11,22-24H,12-16H2,1-2H3,(H,30,38)(H,31,36,37)/t23-,24-/m1/s1. The maximum absolute atomic E-state index is 13.3. The van der Waals surface area contributed by atoms with Gasteiger partial charge in [0.15, 0.2) is 0 Å². The van der Waals surface area contributed by atoms with Gasteiger partial charge in [-0.2, -0.15) is 0 Å². The van der Waals surface area contributed by atoms with Gasteiger partial charge in [0, 0.05) is 17.7 Å². The molecular formula is C29H30N4O8. The Balaban J connectivity index is 1.28. The van der Waals surface area contributed by atoms with Crippen molar-refractivity contribution in [3.8, 4) is 11.1 Å². The van der Waals surface area contributed by atoms with E-state index in [-0.39, 0.29) is 31.3 Å². The minimum Gasteiger partial charge on any atom is -0.468 e. The number of esters is 1. The van der Waals surface area contributed by atoms with E-state index in [1.54, 1.807) is 0 Å². The van der Waals surface area contributed by atoms with E-state index >= 15 is 0 Å². The van der Waals surface area contributed by atoms with E-state index in [9.17, 15) is 24.0 Å². The molecule has 1 aromatic heterocycles. The van der Waals surface area contributed by atoms with Crippen molar-refractivity contribution in [2.45, 2.75) is 31.5 Å². The maximum Gasteiger partial charge on any atom is 0.407 e. The third kappa shape index (κ3) is 5.78. The molecule has 41 heavy (non-hydrogen) atoms. The third-order valence-electron chi connectivity index (χ3n) is 7.44. The topological polar surface area (TPSA) is 149 Å². The summed E-state index contributed by atoms with van der Waals surface area (Å²) in [5.41, 5.74) is 3.29. The lowest BCUT2D eigenvalue weighted by molar-refractivity contribution is -0.149. The van der Waals surface area contributed by atoms with E-state index < -0.39 is 54.4 Å². The summed E-state index contributed by atoms with van der Waals surface area (Å²) in [5.74, 6) is -1.41. The summed E-state index contributed by atoms with van der Waals surface area (Å²) >= 11 is 0. The summed E-state index contributed by atoms with van der Waals surface area (Å²) < 4.78 is 17.0. The Morgan fingerprint density at radius 2 is 1.71 bits per heavy atom. The van der Waals surface area contributed by atoms with Crippen molar-refractivity contribution in [2.75, 3.05) is 33.5 Å². The summed E-state index contributed by atoms with van der Waals surface area (Å²) in [5, 5.41) is 2.77. The van der Waals surface area contributed by atoms with E-state index in [1.807, 2.05) is 48.5 Å². The first kappa shape index (κ1) is 27.8. The number of benzene rings is 2. The zero-order valence-corrected chi connectivity index (χ0v) is 22.6. The third-order valence-corrected chi connectivity index (χ3v) is 7.44. The Labute approximate surface area is 234 Å². The second kappa shape index (κ2) is 11.8. The lowest BCUT2D eigenvalue weighted by atomic mass is 9.98. The maximum atomic E-state index is 13.3. The van der Waals surface area contributed by atoms with Gasteiger partial charge in [0.1, 0.15) is 19.7 Å². The molecule has 5 rings (SSSR count). The molecule has 0 bridgehead atoms. The molecule has 0 spiro atoms. The molecule has 2 atom stereocenters. The predicted molar refractivity (Wildman–Crippen MR) is 146 cm³/mol.